The zero-order valence-corrected chi connectivity index (χ0v) is 12.5. The monoisotopic (exact) mass is 275 g/mol. The number of piperazine rings is 1. The zero-order valence-electron chi connectivity index (χ0n) is 12.5. The van der Waals surface area contributed by atoms with Gasteiger partial charge in [0.1, 0.15) is 0 Å². The molecule has 0 aliphatic carbocycles. The third kappa shape index (κ3) is 2.91. The predicted molar refractivity (Wildman–Crippen MR) is 83.7 cm³/mol. The maximum atomic E-state index is 5.41. The second kappa shape index (κ2) is 6.02. The number of anilines is 2. The summed E-state index contributed by atoms with van der Waals surface area (Å²) < 4.78 is 5.41. The molecule has 2 atom stereocenters. The van der Waals surface area contributed by atoms with Crippen LogP contribution < -0.4 is 15.1 Å². The van der Waals surface area contributed by atoms with Gasteiger partial charge in [-0.2, -0.15) is 0 Å². The fraction of sp³-hybridized carbons (Fsp3) is 0.625. The molecule has 3 rings (SSSR count). The average Bonchev–Trinajstić information content (AvgIpc) is 2.51. The summed E-state index contributed by atoms with van der Waals surface area (Å²) in [5, 5.41) is 3.53. The van der Waals surface area contributed by atoms with Gasteiger partial charge in [0.05, 0.1) is 13.2 Å². The van der Waals surface area contributed by atoms with Crippen LogP contribution in [-0.2, 0) is 4.74 Å². The molecule has 1 aromatic carbocycles. The molecule has 0 radical (unpaired) electrons. The minimum absolute atomic E-state index is 0.556. The summed E-state index contributed by atoms with van der Waals surface area (Å²) in [6.07, 6.45) is 0. The molecule has 2 saturated heterocycles. The van der Waals surface area contributed by atoms with E-state index in [2.05, 4.69) is 53.2 Å². The Kier molecular flexibility index (Phi) is 4.13. The van der Waals surface area contributed by atoms with Gasteiger partial charge in [-0.3, -0.25) is 0 Å². The highest BCUT2D eigenvalue weighted by Gasteiger charge is 2.22. The summed E-state index contributed by atoms with van der Waals surface area (Å²) in [5.74, 6) is 0. The maximum absolute atomic E-state index is 5.41. The van der Waals surface area contributed by atoms with Crippen molar-refractivity contribution in [2.75, 3.05) is 49.2 Å². The van der Waals surface area contributed by atoms with E-state index in [9.17, 15) is 0 Å². The fourth-order valence-corrected chi connectivity index (χ4v) is 3.06. The predicted octanol–water partition coefficient (Wildman–Crippen LogP) is 1.71. The molecule has 4 heteroatoms. The molecule has 0 amide bonds. The lowest BCUT2D eigenvalue weighted by Crippen LogP contribution is -2.54. The molecular weight excluding hydrogens is 250 g/mol. The van der Waals surface area contributed by atoms with E-state index in [1.54, 1.807) is 0 Å². The van der Waals surface area contributed by atoms with Gasteiger partial charge in [-0.25, -0.2) is 0 Å². The lowest BCUT2D eigenvalue weighted by molar-refractivity contribution is 0.122. The first kappa shape index (κ1) is 13.7. The van der Waals surface area contributed by atoms with E-state index in [1.807, 2.05) is 0 Å². The SMILES string of the molecule is CC1CN(c2ccc(N3CCOCC3)cc2)C(C)CN1. The number of nitrogens with one attached hydrogen (secondary N) is 1. The molecule has 1 aromatic rings. The van der Waals surface area contributed by atoms with Crippen LogP contribution in [0.3, 0.4) is 0 Å². The number of ether oxygens (including phenoxy) is 1. The van der Waals surface area contributed by atoms with Crippen molar-refractivity contribution >= 4 is 11.4 Å². The van der Waals surface area contributed by atoms with Gasteiger partial charge in [-0.15, -0.1) is 0 Å². The lowest BCUT2D eigenvalue weighted by atomic mass is 10.1. The van der Waals surface area contributed by atoms with Crippen molar-refractivity contribution in [1.82, 2.24) is 5.32 Å². The van der Waals surface area contributed by atoms with Crippen molar-refractivity contribution in [2.24, 2.45) is 0 Å². The quantitative estimate of drug-likeness (QED) is 0.889. The summed E-state index contributed by atoms with van der Waals surface area (Å²) in [6.45, 7) is 10.4. The first-order chi connectivity index (χ1) is 9.74. The molecule has 2 fully saturated rings. The second-order valence-electron chi connectivity index (χ2n) is 5.93. The third-order valence-electron chi connectivity index (χ3n) is 4.32. The second-order valence-corrected chi connectivity index (χ2v) is 5.93. The number of benzene rings is 1. The molecule has 2 aliphatic rings. The standard InChI is InChI=1S/C16H25N3O/c1-13-12-19(14(2)11-17-13)16-5-3-15(4-6-16)18-7-9-20-10-8-18/h3-6,13-14,17H,7-12H2,1-2H3. The summed E-state index contributed by atoms with van der Waals surface area (Å²) in [5.41, 5.74) is 2.65. The van der Waals surface area contributed by atoms with Crippen LogP contribution in [0.15, 0.2) is 24.3 Å². The van der Waals surface area contributed by atoms with Crippen LogP contribution in [0.25, 0.3) is 0 Å². The Bertz CT molecular complexity index is 428. The number of morpholine rings is 1. The normalized spacial score (nSPS) is 27.7. The number of hydrogen-bond donors (Lipinski definition) is 1. The minimum Gasteiger partial charge on any atom is -0.378 e. The first-order valence-corrected chi connectivity index (χ1v) is 7.67. The van der Waals surface area contributed by atoms with Crippen LogP contribution in [-0.4, -0.2) is 51.5 Å². The van der Waals surface area contributed by atoms with Gasteiger partial charge in [0.25, 0.3) is 0 Å². The van der Waals surface area contributed by atoms with Crippen molar-refractivity contribution in [1.29, 1.82) is 0 Å². The Labute approximate surface area is 121 Å². The molecule has 0 spiro atoms. The van der Waals surface area contributed by atoms with Crippen molar-refractivity contribution < 1.29 is 4.74 Å². The highest BCUT2D eigenvalue weighted by molar-refractivity contribution is 5.57. The smallest absolute Gasteiger partial charge is 0.0642 e. The van der Waals surface area contributed by atoms with Crippen LogP contribution in [0.2, 0.25) is 0 Å². The Hall–Kier alpha value is -1.26. The average molecular weight is 275 g/mol. The summed E-state index contributed by atoms with van der Waals surface area (Å²) >= 11 is 0. The molecule has 0 aromatic heterocycles. The van der Waals surface area contributed by atoms with Gasteiger partial charge in [0.15, 0.2) is 0 Å². The van der Waals surface area contributed by atoms with Crippen molar-refractivity contribution in [3.63, 3.8) is 0 Å². The highest BCUT2D eigenvalue weighted by atomic mass is 16.5. The van der Waals surface area contributed by atoms with E-state index in [-0.39, 0.29) is 0 Å². The fourth-order valence-electron chi connectivity index (χ4n) is 3.06. The van der Waals surface area contributed by atoms with E-state index in [4.69, 9.17) is 4.74 Å². The molecule has 4 nitrogen and oxygen atoms in total. The molecule has 2 heterocycles. The van der Waals surface area contributed by atoms with Crippen LogP contribution in [0.5, 0.6) is 0 Å². The van der Waals surface area contributed by atoms with Gasteiger partial charge >= 0.3 is 0 Å². The molecule has 2 unspecified atom stereocenters. The zero-order chi connectivity index (χ0) is 13.9. The molecule has 0 saturated carbocycles. The largest absolute Gasteiger partial charge is 0.378 e. The van der Waals surface area contributed by atoms with Crippen molar-refractivity contribution in [3.05, 3.63) is 24.3 Å². The van der Waals surface area contributed by atoms with Gasteiger partial charge in [-0.1, -0.05) is 0 Å². The number of hydrogen-bond acceptors (Lipinski definition) is 4. The van der Waals surface area contributed by atoms with E-state index in [1.165, 1.54) is 11.4 Å². The third-order valence-corrected chi connectivity index (χ3v) is 4.32. The Morgan fingerprint density at radius 2 is 1.70 bits per heavy atom. The van der Waals surface area contributed by atoms with Crippen LogP contribution in [0.4, 0.5) is 11.4 Å². The summed E-state index contributed by atoms with van der Waals surface area (Å²) in [6, 6.07) is 10.1. The molecule has 1 N–H and O–H groups in total. The molecular formula is C16H25N3O. The van der Waals surface area contributed by atoms with E-state index in [0.29, 0.717) is 12.1 Å². The summed E-state index contributed by atoms with van der Waals surface area (Å²) in [7, 11) is 0. The van der Waals surface area contributed by atoms with E-state index < -0.39 is 0 Å². The Morgan fingerprint density at radius 3 is 2.40 bits per heavy atom. The number of rotatable bonds is 2. The van der Waals surface area contributed by atoms with Gasteiger partial charge in [-0.05, 0) is 38.1 Å². The Balaban J connectivity index is 1.71. The minimum atomic E-state index is 0.556. The maximum Gasteiger partial charge on any atom is 0.0642 e. The molecule has 110 valence electrons. The van der Waals surface area contributed by atoms with Gasteiger partial charge in [0, 0.05) is 49.6 Å². The molecule has 2 aliphatic heterocycles. The van der Waals surface area contributed by atoms with Crippen LogP contribution in [0, 0.1) is 0 Å². The molecule has 0 bridgehead atoms. The lowest BCUT2D eigenvalue weighted by Gasteiger charge is -2.39. The van der Waals surface area contributed by atoms with Gasteiger partial charge < -0.3 is 19.9 Å². The van der Waals surface area contributed by atoms with E-state index >= 15 is 0 Å². The highest BCUT2D eigenvalue weighted by Crippen LogP contribution is 2.24. The number of nitrogens with zero attached hydrogens (tertiary/aromatic N) is 2. The molecule has 20 heavy (non-hydrogen) atoms. The Morgan fingerprint density at radius 1 is 1.05 bits per heavy atom. The van der Waals surface area contributed by atoms with Crippen molar-refractivity contribution in [2.45, 2.75) is 25.9 Å². The van der Waals surface area contributed by atoms with Crippen LogP contribution >= 0.6 is 0 Å². The summed E-state index contributed by atoms with van der Waals surface area (Å²) in [4.78, 5) is 4.90. The van der Waals surface area contributed by atoms with E-state index in [0.717, 1.165) is 39.4 Å². The van der Waals surface area contributed by atoms with Crippen LogP contribution in [0.1, 0.15) is 13.8 Å². The van der Waals surface area contributed by atoms with Crippen molar-refractivity contribution in [3.8, 4) is 0 Å². The first-order valence-electron chi connectivity index (χ1n) is 7.67. The topological polar surface area (TPSA) is 27.7 Å². The van der Waals surface area contributed by atoms with Gasteiger partial charge in [0.2, 0.25) is 0 Å².